The van der Waals surface area contributed by atoms with Crippen molar-refractivity contribution >= 4 is 11.8 Å². The number of furan rings is 1. The Bertz CT molecular complexity index is 788. The fraction of sp³-hybridized carbons (Fsp3) is 0.739. The van der Waals surface area contributed by atoms with Crippen molar-refractivity contribution in [2.24, 2.45) is 0 Å². The van der Waals surface area contributed by atoms with Gasteiger partial charge in [-0.05, 0) is 45.1 Å². The third-order valence-electron chi connectivity index (χ3n) is 7.03. The van der Waals surface area contributed by atoms with Crippen LogP contribution in [0, 0.1) is 6.92 Å². The maximum absolute atomic E-state index is 13.3. The van der Waals surface area contributed by atoms with Crippen LogP contribution in [0.25, 0.3) is 0 Å². The molecule has 3 aliphatic heterocycles. The van der Waals surface area contributed by atoms with Crippen LogP contribution in [0.5, 0.6) is 0 Å². The monoisotopic (exact) mass is 401 g/mol. The Morgan fingerprint density at radius 3 is 2.31 bits per heavy atom. The van der Waals surface area contributed by atoms with Crippen LogP contribution >= 0.6 is 0 Å². The van der Waals surface area contributed by atoms with Crippen LogP contribution in [-0.2, 0) is 10.2 Å². The average Bonchev–Trinajstić information content (AvgIpc) is 3.34. The molecule has 1 unspecified atom stereocenters. The van der Waals surface area contributed by atoms with E-state index in [9.17, 15) is 9.59 Å². The maximum Gasteiger partial charge on any atom is 0.257 e. The molecule has 1 atom stereocenters. The Balaban J connectivity index is 1.45. The van der Waals surface area contributed by atoms with Gasteiger partial charge in [-0.15, -0.1) is 0 Å². The second-order valence-corrected chi connectivity index (χ2v) is 10.1. The number of piperidine rings is 1. The lowest BCUT2D eigenvalue weighted by Crippen LogP contribution is -2.68. The van der Waals surface area contributed by atoms with Crippen molar-refractivity contribution in [1.82, 2.24) is 14.7 Å². The van der Waals surface area contributed by atoms with Gasteiger partial charge in [0.1, 0.15) is 11.5 Å². The Morgan fingerprint density at radius 1 is 1.03 bits per heavy atom. The topological polar surface area (TPSA) is 57.0 Å². The molecule has 1 spiro atoms. The molecule has 1 aromatic rings. The minimum atomic E-state index is -0.118. The molecule has 3 fully saturated rings. The van der Waals surface area contributed by atoms with Crippen molar-refractivity contribution in [3.05, 3.63) is 23.2 Å². The predicted molar refractivity (Wildman–Crippen MR) is 112 cm³/mol. The molecule has 6 nitrogen and oxygen atoms in total. The number of carbonyl (C=O) groups excluding carboxylic acids is 2. The second kappa shape index (κ2) is 7.46. The van der Waals surface area contributed by atoms with E-state index in [0.29, 0.717) is 24.4 Å². The average molecular weight is 402 g/mol. The second-order valence-electron chi connectivity index (χ2n) is 10.1. The van der Waals surface area contributed by atoms with Crippen LogP contribution in [0.4, 0.5) is 0 Å². The Hall–Kier alpha value is -1.82. The number of amides is 2. The first-order chi connectivity index (χ1) is 13.7. The van der Waals surface area contributed by atoms with Crippen LogP contribution in [0.1, 0.15) is 74.8 Å². The molecule has 3 saturated heterocycles. The van der Waals surface area contributed by atoms with E-state index < -0.39 is 0 Å². The minimum absolute atomic E-state index is 0.0200. The molecule has 0 radical (unpaired) electrons. The summed E-state index contributed by atoms with van der Waals surface area (Å²) in [5, 5.41) is 0. The maximum atomic E-state index is 13.3. The summed E-state index contributed by atoms with van der Waals surface area (Å²) >= 11 is 0. The molecule has 29 heavy (non-hydrogen) atoms. The lowest BCUT2D eigenvalue weighted by molar-refractivity contribution is -0.138. The smallest absolute Gasteiger partial charge is 0.257 e. The van der Waals surface area contributed by atoms with Crippen molar-refractivity contribution in [2.75, 3.05) is 39.3 Å². The molecule has 0 aromatic carbocycles. The van der Waals surface area contributed by atoms with Crippen molar-refractivity contribution in [1.29, 1.82) is 0 Å². The predicted octanol–water partition coefficient (Wildman–Crippen LogP) is 3.19. The first-order valence-corrected chi connectivity index (χ1v) is 11.1. The van der Waals surface area contributed by atoms with E-state index in [4.69, 9.17) is 4.42 Å². The highest BCUT2D eigenvalue weighted by Gasteiger charge is 2.49. The summed E-state index contributed by atoms with van der Waals surface area (Å²) in [4.78, 5) is 32.3. The number of hydrogen-bond acceptors (Lipinski definition) is 4. The highest BCUT2D eigenvalue weighted by molar-refractivity contribution is 5.95. The first kappa shape index (κ1) is 20.5. The van der Waals surface area contributed by atoms with Crippen LogP contribution < -0.4 is 0 Å². The van der Waals surface area contributed by atoms with Gasteiger partial charge in [-0.3, -0.25) is 14.5 Å². The van der Waals surface area contributed by atoms with Crippen molar-refractivity contribution < 1.29 is 14.0 Å². The summed E-state index contributed by atoms with van der Waals surface area (Å²) in [5.41, 5.74) is 0.548. The van der Waals surface area contributed by atoms with Gasteiger partial charge in [-0.1, -0.05) is 20.8 Å². The Kier molecular flexibility index (Phi) is 5.26. The molecule has 2 amide bonds. The van der Waals surface area contributed by atoms with E-state index in [-0.39, 0.29) is 22.8 Å². The standard InChI is InChI=1S/C23H35N3O3/c1-17-18(14-19(29-17)22(2,3)4)21(28)25-12-7-8-23(16-25)9-13-26(23)15-20(27)24-10-5-6-11-24/h14H,5-13,15-16H2,1-4H3. The molecular formula is C23H35N3O3. The van der Waals surface area contributed by atoms with Crippen LogP contribution in [0.3, 0.4) is 0 Å². The van der Waals surface area contributed by atoms with Gasteiger partial charge in [0, 0.05) is 43.7 Å². The first-order valence-electron chi connectivity index (χ1n) is 11.1. The van der Waals surface area contributed by atoms with E-state index in [0.717, 1.165) is 64.0 Å². The van der Waals surface area contributed by atoms with E-state index in [1.54, 1.807) is 0 Å². The highest BCUT2D eigenvalue weighted by atomic mass is 16.3. The normalized spacial score (nSPS) is 25.5. The van der Waals surface area contributed by atoms with E-state index in [2.05, 4.69) is 25.7 Å². The fourth-order valence-electron chi connectivity index (χ4n) is 5.04. The van der Waals surface area contributed by atoms with E-state index >= 15 is 0 Å². The van der Waals surface area contributed by atoms with Crippen molar-refractivity contribution in [3.8, 4) is 0 Å². The number of nitrogens with zero attached hydrogens (tertiary/aromatic N) is 3. The zero-order valence-corrected chi connectivity index (χ0v) is 18.4. The lowest BCUT2D eigenvalue weighted by atomic mass is 9.77. The number of likely N-dealkylation sites (tertiary alicyclic amines) is 3. The number of rotatable bonds is 3. The van der Waals surface area contributed by atoms with Gasteiger partial charge in [0.25, 0.3) is 5.91 Å². The summed E-state index contributed by atoms with van der Waals surface area (Å²) in [6.07, 6.45) is 5.38. The molecule has 4 heterocycles. The van der Waals surface area contributed by atoms with E-state index in [1.165, 1.54) is 0 Å². The van der Waals surface area contributed by atoms with Gasteiger partial charge in [-0.25, -0.2) is 0 Å². The minimum Gasteiger partial charge on any atom is -0.465 e. The van der Waals surface area contributed by atoms with Gasteiger partial charge < -0.3 is 14.2 Å². The van der Waals surface area contributed by atoms with Gasteiger partial charge in [0.2, 0.25) is 5.91 Å². The zero-order chi connectivity index (χ0) is 20.8. The molecule has 4 rings (SSSR count). The molecule has 0 N–H and O–H groups in total. The van der Waals surface area contributed by atoms with Gasteiger partial charge in [-0.2, -0.15) is 0 Å². The quantitative estimate of drug-likeness (QED) is 0.781. The van der Waals surface area contributed by atoms with Crippen LogP contribution in [0.2, 0.25) is 0 Å². The van der Waals surface area contributed by atoms with Gasteiger partial charge in [0.05, 0.1) is 12.1 Å². The largest absolute Gasteiger partial charge is 0.465 e. The molecule has 3 aliphatic rings. The van der Waals surface area contributed by atoms with E-state index in [1.807, 2.05) is 22.8 Å². The van der Waals surface area contributed by atoms with Crippen molar-refractivity contribution in [2.45, 2.75) is 70.8 Å². The lowest BCUT2D eigenvalue weighted by Gasteiger charge is -2.57. The molecular weight excluding hydrogens is 366 g/mol. The highest BCUT2D eigenvalue weighted by Crippen LogP contribution is 2.39. The molecule has 160 valence electrons. The molecule has 1 aromatic heterocycles. The summed E-state index contributed by atoms with van der Waals surface area (Å²) in [6, 6.07) is 1.92. The molecule has 6 heteroatoms. The SMILES string of the molecule is Cc1oc(C(C)(C)C)cc1C(=O)N1CCCC2(CCN2CC(=O)N2CCCC2)C1. The summed E-state index contributed by atoms with van der Waals surface area (Å²) in [5.74, 6) is 1.88. The fourth-order valence-corrected chi connectivity index (χ4v) is 5.04. The summed E-state index contributed by atoms with van der Waals surface area (Å²) in [6.45, 7) is 12.9. The van der Waals surface area contributed by atoms with Crippen molar-refractivity contribution in [3.63, 3.8) is 0 Å². The Labute approximate surface area is 174 Å². The number of aryl methyl sites for hydroxylation is 1. The third kappa shape index (κ3) is 3.83. The number of hydrogen-bond donors (Lipinski definition) is 0. The zero-order valence-electron chi connectivity index (χ0n) is 18.4. The van der Waals surface area contributed by atoms with Crippen LogP contribution in [-0.4, -0.2) is 71.3 Å². The molecule has 0 aliphatic carbocycles. The molecule has 0 bridgehead atoms. The van der Waals surface area contributed by atoms with Crippen LogP contribution in [0.15, 0.2) is 10.5 Å². The van der Waals surface area contributed by atoms with Gasteiger partial charge >= 0.3 is 0 Å². The number of carbonyl (C=O) groups is 2. The Morgan fingerprint density at radius 2 is 1.72 bits per heavy atom. The molecule has 0 saturated carbocycles. The third-order valence-corrected chi connectivity index (χ3v) is 7.03. The van der Waals surface area contributed by atoms with Gasteiger partial charge in [0.15, 0.2) is 0 Å². The summed E-state index contributed by atoms with van der Waals surface area (Å²) in [7, 11) is 0. The summed E-state index contributed by atoms with van der Waals surface area (Å²) < 4.78 is 5.91.